The molecule has 1 aliphatic rings. The standard InChI is InChI=1S/C27H43ClN4O7S/c1-3-40(37,38)29-14-15-32(2)25(34)13-12-23(18-33)30-26(35)24(17-20-8-5-4-6-9-20)31-27(36)39-19-21-10-7-11-22(28)16-21/h7,10-11,16,20,23-24,29,33H,3-6,8-9,12-15,17-19H2,1-2H3,(H,30,35)(H,31,36). The third-order valence-corrected chi connectivity index (χ3v) is 8.65. The second-order valence-corrected chi connectivity index (χ2v) is 12.7. The first kappa shape index (κ1) is 33.8. The largest absolute Gasteiger partial charge is 0.445 e. The fraction of sp³-hybridized carbons (Fsp3) is 0.667. The molecule has 0 bridgehead atoms. The number of alkyl carbamates (subject to hydrolysis) is 1. The van der Waals surface area contributed by atoms with Crippen molar-refractivity contribution in [3.8, 4) is 0 Å². The van der Waals surface area contributed by atoms with E-state index >= 15 is 0 Å². The molecule has 0 radical (unpaired) electrons. The van der Waals surface area contributed by atoms with E-state index in [1.54, 1.807) is 31.3 Å². The average Bonchev–Trinajstić information content (AvgIpc) is 2.94. The highest BCUT2D eigenvalue weighted by molar-refractivity contribution is 7.89. The molecule has 1 aliphatic carbocycles. The zero-order chi connectivity index (χ0) is 29.5. The van der Waals surface area contributed by atoms with Crippen molar-refractivity contribution in [2.24, 2.45) is 5.92 Å². The van der Waals surface area contributed by atoms with E-state index < -0.39 is 34.1 Å². The summed E-state index contributed by atoms with van der Waals surface area (Å²) in [4.78, 5) is 39.7. The van der Waals surface area contributed by atoms with Gasteiger partial charge in [0.25, 0.3) is 0 Å². The van der Waals surface area contributed by atoms with Crippen molar-refractivity contribution in [3.05, 3.63) is 34.9 Å². The molecule has 2 atom stereocenters. The lowest BCUT2D eigenvalue weighted by atomic mass is 9.84. The van der Waals surface area contributed by atoms with Crippen LogP contribution in [-0.2, 0) is 31.0 Å². The summed E-state index contributed by atoms with van der Waals surface area (Å²) in [6.45, 7) is 1.44. The lowest BCUT2D eigenvalue weighted by Crippen LogP contribution is -2.51. The maximum Gasteiger partial charge on any atom is 0.408 e. The number of carbonyl (C=O) groups is 3. The van der Waals surface area contributed by atoms with Gasteiger partial charge in [-0.05, 0) is 43.4 Å². The third-order valence-electron chi connectivity index (χ3n) is 7.01. The van der Waals surface area contributed by atoms with E-state index in [9.17, 15) is 27.9 Å². The van der Waals surface area contributed by atoms with Gasteiger partial charge in [-0.25, -0.2) is 17.9 Å². The first-order valence-corrected chi connectivity index (χ1v) is 15.9. The van der Waals surface area contributed by atoms with Crippen LogP contribution in [0.1, 0.15) is 63.9 Å². The van der Waals surface area contributed by atoms with Gasteiger partial charge in [-0.3, -0.25) is 9.59 Å². The first-order valence-electron chi connectivity index (χ1n) is 13.8. The van der Waals surface area contributed by atoms with Crippen LogP contribution in [0, 0.1) is 5.92 Å². The van der Waals surface area contributed by atoms with Gasteiger partial charge in [0.15, 0.2) is 0 Å². The molecule has 1 aromatic carbocycles. The van der Waals surface area contributed by atoms with E-state index in [0.29, 0.717) is 17.0 Å². The van der Waals surface area contributed by atoms with Crippen LogP contribution in [0.4, 0.5) is 4.79 Å². The molecule has 4 N–H and O–H groups in total. The van der Waals surface area contributed by atoms with Crippen LogP contribution in [0.2, 0.25) is 5.02 Å². The molecule has 1 fully saturated rings. The minimum absolute atomic E-state index is 0.00104. The summed E-state index contributed by atoms with van der Waals surface area (Å²) in [5, 5.41) is 15.8. The van der Waals surface area contributed by atoms with Gasteiger partial charge in [0.05, 0.1) is 18.4 Å². The molecule has 2 rings (SSSR count). The van der Waals surface area contributed by atoms with Crippen LogP contribution in [0.15, 0.2) is 24.3 Å². The van der Waals surface area contributed by atoms with Crippen LogP contribution < -0.4 is 15.4 Å². The van der Waals surface area contributed by atoms with Crippen LogP contribution in [0.25, 0.3) is 0 Å². The topological polar surface area (TPSA) is 154 Å². The Morgan fingerprint density at radius 3 is 2.55 bits per heavy atom. The summed E-state index contributed by atoms with van der Waals surface area (Å²) in [6, 6.07) is 5.39. The van der Waals surface area contributed by atoms with Gasteiger partial charge >= 0.3 is 6.09 Å². The smallest absolute Gasteiger partial charge is 0.408 e. The number of hydrogen-bond donors (Lipinski definition) is 4. The first-order chi connectivity index (χ1) is 19.0. The Labute approximate surface area is 242 Å². The van der Waals surface area contributed by atoms with Crippen molar-refractivity contribution in [3.63, 3.8) is 0 Å². The van der Waals surface area contributed by atoms with Gasteiger partial charge in [0, 0.05) is 31.6 Å². The minimum Gasteiger partial charge on any atom is -0.445 e. The maximum absolute atomic E-state index is 13.2. The molecule has 40 heavy (non-hydrogen) atoms. The monoisotopic (exact) mass is 602 g/mol. The number of likely N-dealkylation sites (N-methyl/N-ethyl adjacent to an activating group) is 1. The van der Waals surface area contributed by atoms with E-state index in [1.165, 1.54) is 11.8 Å². The van der Waals surface area contributed by atoms with Gasteiger partial charge in [-0.1, -0.05) is 55.8 Å². The molecule has 11 nitrogen and oxygen atoms in total. The van der Waals surface area contributed by atoms with E-state index in [4.69, 9.17) is 16.3 Å². The Bertz CT molecular complexity index is 1070. The zero-order valence-corrected chi connectivity index (χ0v) is 24.9. The number of aliphatic hydroxyl groups is 1. The Balaban J connectivity index is 1.90. The second kappa shape index (κ2) is 17.4. The lowest BCUT2D eigenvalue weighted by molar-refractivity contribution is -0.130. The van der Waals surface area contributed by atoms with Crippen molar-refractivity contribution in [2.75, 3.05) is 32.5 Å². The fourth-order valence-corrected chi connectivity index (χ4v) is 5.36. The molecular weight excluding hydrogens is 560 g/mol. The molecule has 1 aromatic rings. The molecule has 0 saturated heterocycles. The lowest BCUT2D eigenvalue weighted by Gasteiger charge is -2.28. The molecule has 13 heteroatoms. The van der Waals surface area contributed by atoms with Gasteiger partial charge in [-0.2, -0.15) is 0 Å². The predicted octanol–water partition coefficient (Wildman–Crippen LogP) is 2.56. The van der Waals surface area contributed by atoms with Crippen molar-refractivity contribution >= 4 is 39.5 Å². The summed E-state index contributed by atoms with van der Waals surface area (Å²) in [7, 11) is -1.78. The fourth-order valence-electron chi connectivity index (χ4n) is 4.54. The number of hydrogen-bond acceptors (Lipinski definition) is 7. The van der Waals surface area contributed by atoms with Gasteiger partial charge in [0.2, 0.25) is 21.8 Å². The summed E-state index contributed by atoms with van der Waals surface area (Å²) >= 11 is 5.99. The summed E-state index contributed by atoms with van der Waals surface area (Å²) in [6.07, 6.45) is 5.20. The van der Waals surface area contributed by atoms with Gasteiger partial charge in [0.1, 0.15) is 12.6 Å². The predicted molar refractivity (Wildman–Crippen MR) is 153 cm³/mol. The van der Waals surface area contributed by atoms with Gasteiger partial charge in [-0.15, -0.1) is 0 Å². The minimum atomic E-state index is -3.34. The number of carbonyl (C=O) groups excluding carboxylic acids is 3. The normalized spacial score (nSPS) is 15.6. The Morgan fingerprint density at radius 1 is 1.18 bits per heavy atom. The highest BCUT2D eigenvalue weighted by Gasteiger charge is 2.28. The van der Waals surface area contributed by atoms with E-state index in [2.05, 4.69) is 15.4 Å². The Morgan fingerprint density at radius 2 is 1.90 bits per heavy atom. The number of sulfonamides is 1. The third kappa shape index (κ3) is 12.8. The molecule has 0 spiro atoms. The second-order valence-electron chi connectivity index (χ2n) is 10.2. The Hall–Kier alpha value is -2.41. The molecule has 3 amide bonds. The van der Waals surface area contributed by atoms with Crippen molar-refractivity contribution < 1.29 is 32.6 Å². The highest BCUT2D eigenvalue weighted by atomic mass is 35.5. The van der Waals surface area contributed by atoms with E-state index in [-0.39, 0.29) is 56.7 Å². The number of aliphatic hydroxyl groups excluding tert-OH is 1. The SMILES string of the molecule is CCS(=O)(=O)NCCN(C)C(=O)CCC(CO)NC(=O)C(CC1CCCCC1)NC(=O)OCc1cccc(Cl)c1. The molecule has 226 valence electrons. The van der Waals surface area contributed by atoms with E-state index in [0.717, 1.165) is 32.1 Å². The van der Waals surface area contributed by atoms with Crippen LogP contribution >= 0.6 is 11.6 Å². The number of nitrogens with one attached hydrogen (secondary N) is 3. The zero-order valence-electron chi connectivity index (χ0n) is 23.4. The number of rotatable bonds is 16. The van der Waals surface area contributed by atoms with Crippen LogP contribution in [-0.4, -0.2) is 80.9 Å². The summed E-state index contributed by atoms with van der Waals surface area (Å²) < 4.78 is 30.8. The molecule has 2 unspecified atom stereocenters. The van der Waals surface area contributed by atoms with Crippen molar-refractivity contribution in [2.45, 2.75) is 77.0 Å². The average molecular weight is 603 g/mol. The maximum atomic E-state index is 13.2. The van der Waals surface area contributed by atoms with Crippen LogP contribution in [0.5, 0.6) is 0 Å². The van der Waals surface area contributed by atoms with Crippen LogP contribution in [0.3, 0.4) is 0 Å². The van der Waals surface area contributed by atoms with Gasteiger partial charge < -0.3 is 25.4 Å². The number of benzene rings is 1. The molecular formula is C27H43ClN4O7S. The number of halogens is 1. The van der Waals surface area contributed by atoms with Crippen molar-refractivity contribution in [1.29, 1.82) is 0 Å². The molecule has 0 heterocycles. The van der Waals surface area contributed by atoms with Crippen molar-refractivity contribution in [1.82, 2.24) is 20.3 Å². The van der Waals surface area contributed by atoms with E-state index in [1.807, 2.05) is 0 Å². The number of nitrogens with zero attached hydrogens (tertiary/aromatic N) is 1. The molecule has 1 saturated carbocycles. The Kier molecular flexibility index (Phi) is 14.7. The number of amides is 3. The quantitative estimate of drug-likeness (QED) is 0.227. The highest BCUT2D eigenvalue weighted by Crippen LogP contribution is 2.27. The number of ether oxygens (including phenoxy) is 1. The molecule has 0 aliphatic heterocycles. The molecule has 0 aromatic heterocycles. The summed E-state index contributed by atoms with van der Waals surface area (Å²) in [5.41, 5.74) is 0.716. The summed E-state index contributed by atoms with van der Waals surface area (Å²) in [5.74, 6) is -0.451.